The monoisotopic (exact) mass is 330 g/mol. The number of H-pyrrole nitrogens is 1. The summed E-state index contributed by atoms with van der Waals surface area (Å²) in [5, 5.41) is 24.7. The van der Waals surface area contributed by atoms with Crippen LogP contribution in [0.1, 0.15) is 37.0 Å². The molecule has 0 aliphatic carbocycles. The SMILES string of the molecule is CC(C)(C)OC(=O)c1ccc(NC=C(C#N)c2nn[nH]n2)cc1F. The van der Waals surface area contributed by atoms with E-state index in [-0.39, 0.29) is 17.0 Å². The van der Waals surface area contributed by atoms with Gasteiger partial charge in [-0.1, -0.05) is 0 Å². The maximum atomic E-state index is 14.1. The number of nitrogens with one attached hydrogen (secondary N) is 2. The Labute approximate surface area is 137 Å². The number of tetrazole rings is 1. The summed E-state index contributed by atoms with van der Waals surface area (Å²) in [4.78, 5) is 11.9. The Morgan fingerprint density at radius 1 is 1.46 bits per heavy atom. The van der Waals surface area contributed by atoms with Crippen LogP contribution in [0.15, 0.2) is 24.4 Å². The molecule has 0 aliphatic rings. The number of aromatic amines is 1. The summed E-state index contributed by atoms with van der Waals surface area (Å²) in [5.74, 6) is -1.37. The molecule has 0 saturated heterocycles. The average molecular weight is 330 g/mol. The highest BCUT2D eigenvalue weighted by Gasteiger charge is 2.20. The van der Waals surface area contributed by atoms with Crippen molar-refractivity contribution in [2.24, 2.45) is 0 Å². The molecule has 9 heteroatoms. The first-order chi connectivity index (χ1) is 11.3. The van der Waals surface area contributed by atoms with Crippen molar-refractivity contribution in [3.63, 3.8) is 0 Å². The van der Waals surface area contributed by atoms with E-state index in [9.17, 15) is 9.18 Å². The molecule has 0 aliphatic heterocycles. The number of carbonyl (C=O) groups is 1. The molecule has 2 aromatic rings. The maximum Gasteiger partial charge on any atom is 0.341 e. The molecule has 0 bridgehead atoms. The van der Waals surface area contributed by atoms with Gasteiger partial charge in [0.25, 0.3) is 0 Å². The first-order valence-corrected chi connectivity index (χ1v) is 6.93. The standard InChI is InChI=1S/C15H15FN6O2/c1-15(2,3)24-14(23)11-5-4-10(6-12(11)16)18-8-9(7-17)13-19-21-22-20-13/h4-6,8,18H,1-3H3,(H,19,20,21,22). The Hall–Kier alpha value is -3.28. The summed E-state index contributed by atoms with van der Waals surface area (Å²) in [6.45, 7) is 5.10. The molecule has 0 atom stereocenters. The summed E-state index contributed by atoms with van der Waals surface area (Å²) in [7, 11) is 0. The number of rotatable bonds is 4. The molecule has 0 unspecified atom stereocenters. The molecule has 1 heterocycles. The van der Waals surface area contributed by atoms with E-state index in [2.05, 4.69) is 25.9 Å². The number of benzene rings is 1. The van der Waals surface area contributed by atoms with Crippen LogP contribution in [0.4, 0.5) is 10.1 Å². The second-order valence-corrected chi connectivity index (χ2v) is 5.75. The molecule has 2 rings (SSSR count). The van der Waals surface area contributed by atoms with Crippen molar-refractivity contribution in [1.29, 1.82) is 5.26 Å². The summed E-state index contributed by atoms with van der Waals surface area (Å²) in [5.41, 5.74) is -0.426. The lowest BCUT2D eigenvalue weighted by Crippen LogP contribution is -2.24. The first kappa shape index (κ1) is 17.1. The zero-order valence-electron chi connectivity index (χ0n) is 13.3. The van der Waals surface area contributed by atoms with Crippen LogP contribution >= 0.6 is 0 Å². The van der Waals surface area contributed by atoms with Gasteiger partial charge in [-0.2, -0.15) is 10.5 Å². The van der Waals surface area contributed by atoms with Gasteiger partial charge in [0, 0.05) is 11.9 Å². The van der Waals surface area contributed by atoms with Crippen molar-refractivity contribution in [2.75, 3.05) is 5.32 Å². The maximum absolute atomic E-state index is 14.1. The van der Waals surface area contributed by atoms with Crippen LogP contribution in [-0.4, -0.2) is 32.2 Å². The lowest BCUT2D eigenvalue weighted by Gasteiger charge is -2.19. The number of anilines is 1. The minimum absolute atomic E-state index is 0.107. The second kappa shape index (κ2) is 6.87. The number of allylic oxidation sites excluding steroid dienone is 1. The molecule has 8 nitrogen and oxygen atoms in total. The molecule has 0 saturated carbocycles. The van der Waals surface area contributed by atoms with Crippen molar-refractivity contribution >= 4 is 17.2 Å². The van der Waals surface area contributed by atoms with Crippen LogP contribution in [0.2, 0.25) is 0 Å². The van der Waals surface area contributed by atoms with Gasteiger partial charge in [0.05, 0.1) is 5.56 Å². The Morgan fingerprint density at radius 3 is 2.75 bits per heavy atom. The van der Waals surface area contributed by atoms with Gasteiger partial charge in [0.15, 0.2) is 0 Å². The molecular formula is C15H15FN6O2. The fourth-order valence-electron chi connectivity index (χ4n) is 1.68. The van der Waals surface area contributed by atoms with Crippen LogP contribution < -0.4 is 5.32 Å². The minimum atomic E-state index is -0.744. The third kappa shape index (κ3) is 4.36. The van der Waals surface area contributed by atoms with E-state index in [0.29, 0.717) is 5.69 Å². The molecule has 1 aromatic carbocycles. The van der Waals surface area contributed by atoms with Gasteiger partial charge in [0.1, 0.15) is 23.1 Å². The van der Waals surface area contributed by atoms with Crippen molar-refractivity contribution in [2.45, 2.75) is 26.4 Å². The molecule has 124 valence electrons. The van der Waals surface area contributed by atoms with Crippen LogP contribution in [0.5, 0.6) is 0 Å². The fraction of sp³-hybridized carbons (Fsp3) is 0.267. The van der Waals surface area contributed by atoms with E-state index in [1.54, 1.807) is 20.8 Å². The predicted molar refractivity (Wildman–Crippen MR) is 83.0 cm³/mol. The van der Waals surface area contributed by atoms with Crippen LogP contribution in [0, 0.1) is 17.1 Å². The predicted octanol–water partition coefficient (Wildman–Crippen LogP) is 2.27. The summed E-state index contributed by atoms with van der Waals surface area (Å²) in [6, 6.07) is 5.81. The highest BCUT2D eigenvalue weighted by molar-refractivity contribution is 5.90. The van der Waals surface area contributed by atoms with Crippen molar-refractivity contribution in [3.8, 4) is 6.07 Å². The number of halogens is 1. The zero-order chi connectivity index (χ0) is 17.7. The number of nitrogens with zero attached hydrogens (tertiary/aromatic N) is 4. The number of carbonyl (C=O) groups excluding carboxylic acids is 1. The van der Waals surface area contributed by atoms with Crippen LogP contribution in [0.25, 0.3) is 5.57 Å². The lowest BCUT2D eigenvalue weighted by molar-refractivity contribution is 0.00648. The van der Waals surface area contributed by atoms with Crippen LogP contribution in [-0.2, 0) is 4.74 Å². The van der Waals surface area contributed by atoms with Crippen molar-refractivity contribution in [1.82, 2.24) is 20.6 Å². The number of hydrogen-bond donors (Lipinski definition) is 2. The van der Waals surface area contributed by atoms with Gasteiger partial charge in [-0.05, 0) is 44.2 Å². The highest BCUT2D eigenvalue weighted by Crippen LogP contribution is 2.19. The Balaban J connectivity index is 2.15. The van der Waals surface area contributed by atoms with Gasteiger partial charge in [0.2, 0.25) is 5.82 Å². The van der Waals surface area contributed by atoms with E-state index in [4.69, 9.17) is 10.00 Å². The normalized spacial score (nSPS) is 11.7. The third-order valence-corrected chi connectivity index (χ3v) is 2.68. The van der Waals surface area contributed by atoms with Gasteiger partial charge in [-0.25, -0.2) is 9.18 Å². The molecular weight excluding hydrogens is 315 g/mol. The molecule has 0 spiro atoms. The second-order valence-electron chi connectivity index (χ2n) is 5.75. The molecule has 2 N–H and O–H groups in total. The topological polar surface area (TPSA) is 117 Å². The lowest BCUT2D eigenvalue weighted by atomic mass is 10.1. The third-order valence-electron chi connectivity index (χ3n) is 2.68. The smallest absolute Gasteiger partial charge is 0.341 e. The first-order valence-electron chi connectivity index (χ1n) is 6.93. The van der Waals surface area contributed by atoms with E-state index in [1.807, 2.05) is 6.07 Å². The molecule has 0 radical (unpaired) electrons. The average Bonchev–Trinajstić information content (AvgIpc) is 3.00. The zero-order valence-corrected chi connectivity index (χ0v) is 13.3. The van der Waals surface area contributed by atoms with Crippen molar-refractivity contribution in [3.05, 3.63) is 41.6 Å². The van der Waals surface area contributed by atoms with E-state index in [0.717, 1.165) is 6.07 Å². The fourth-order valence-corrected chi connectivity index (χ4v) is 1.68. The number of hydrogen-bond acceptors (Lipinski definition) is 7. The van der Waals surface area contributed by atoms with E-state index < -0.39 is 17.4 Å². The molecule has 0 fully saturated rings. The Morgan fingerprint density at radius 2 is 2.21 bits per heavy atom. The quantitative estimate of drug-likeness (QED) is 0.652. The largest absolute Gasteiger partial charge is 0.456 e. The van der Waals surface area contributed by atoms with E-state index >= 15 is 0 Å². The summed E-state index contributed by atoms with van der Waals surface area (Å²) in [6.07, 6.45) is 1.31. The van der Waals surface area contributed by atoms with Gasteiger partial charge < -0.3 is 10.1 Å². The van der Waals surface area contributed by atoms with Crippen LogP contribution in [0.3, 0.4) is 0 Å². The number of aromatic nitrogens is 4. The molecule has 0 amide bonds. The highest BCUT2D eigenvalue weighted by atomic mass is 19.1. The molecule has 24 heavy (non-hydrogen) atoms. The van der Waals surface area contributed by atoms with Gasteiger partial charge in [-0.15, -0.1) is 10.2 Å². The number of esters is 1. The minimum Gasteiger partial charge on any atom is -0.456 e. The Bertz CT molecular complexity index is 802. The summed E-state index contributed by atoms with van der Waals surface area (Å²) < 4.78 is 19.2. The number of nitriles is 1. The number of ether oxygens (including phenoxy) is 1. The Kier molecular flexibility index (Phi) is 4.89. The van der Waals surface area contributed by atoms with Gasteiger partial charge >= 0.3 is 5.97 Å². The molecule has 1 aromatic heterocycles. The van der Waals surface area contributed by atoms with E-state index in [1.165, 1.54) is 18.3 Å². The van der Waals surface area contributed by atoms with Gasteiger partial charge in [-0.3, -0.25) is 0 Å². The summed E-state index contributed by atoms with van der Waals surface area (Å²) >= 11 is 0. The van der Waals surface area contributed by atoms with Crippen molar-refractivity contribution < 1.29 is 13.9 Å².